The van der Waals surface area contributed by atoms with E-state index in [0.717, 1.165) is 5.69 Å². The molecule has 1 heterocycles. The molecule has 1 fully saturated rings. The Morgan fingerprint density at radius 2 is 1.96 bits per heavy atom. The Balaban J connectivity index is 2.06. The summed E-state index contributed by atoms with van der Waals surface area (Å²) in [5.41, 5.74) is 0.131. The molecular weight excluding hydrogens is 332 g/mol. The Morgan fingerprint density at radius 3 is 2.54 bits per heavy atom. The maximum Gasteiger partial charge on any atom is 0.348 e. The average molecular weight is 362 g/mol. The number of hydrogen-bond donors (Lipinski definition) is 2. The Kier molecular flexibility index (Phi) is 5.58. The Labute approximate surface area is 154 Å². The van der Waals surface area contributed by atoms with E-state index in [1.807, 2.05) is 33.8 Å². The topological polar surface area (TPSA) is 93.1 Å². The number of nitrogens with zero attached hydrogens (tertiary/aromatic N) is 2. The van der Waals surface area contributed by atoms with Crippen molar-refractivity contribution in [1.29, 1.82) is 0 Å². The van der Waals surface area contributed by atoms with E-state index in [4.69, 9.17) is 0 Å². The summed E-state index contributed by atoms with van der Waals surface area (Å²) < 4.78 is 1.56. The molecule has 0 spiro atoms. The first-order valence-electron chi connectivity index (χ1n) is 9.09. The molecule has 2 rings (SSSR count). The van der Waals surface area contributed by atoms with Gasteiger partial charge in [-0.2, -0.15) is 4.98 Å². The van der Waals surface area contributed by atoms with Gasteiger partial charge in [0.1, 0.15) is 0 Å². The number of aromatic nitrogens is 2. The van der Waals surface area contributed by atoms with Gasteiger partial charge in [-0.05, 0) is 38.2 Å². The molecule has 2 amide bonds. The maximum absolute atomic E-state index is 12.9. The van der Waals surface area contributed by atoms with Crippen LogP contribution in [0.2, 0.25) is 0 Å². The van der Waals surface area contributed by atoms with Gasteiger partial charge in [0.15, 0.2) is 0 Å². The van der Waals surface area contributed by atoms with Gasteiger partial charge in [-0.15, -0.1) is 0 Å². The molecule has 1 aromatic heterocycles. The predicted molar refractivity (Wildman–Crippen MR) is 99.7 cm³/mol. The summed E-state index contributed by atoms with van der Waals surface area (Å²) in [6, 6.07) is 1.85. The van der Waals surface area contributed by atoms with Gasteiger partial charge in [0.2, 0.25) is 11.8 Å². The van der Waals surface area contributed by atoms with Crippen molar-refractivity contribution in [3.63, 3.8) is 0 Å². The predicted octanol–water partition coefficient (Wildman–Crippen LogP) is 1.16. The van der Waals surface area contributed by atoms with E-state index in [1.54, 1.807) is 18.5 Å². The molecule has 1 aromatic rings. The van der Waals surface area contributed by atoms with Crippen molar-refractivity contribution >= 4 is 11.8 Å². The summed E-state index contributed by atoms with van der Waals surface area (Å²) in [5.74, 6) is -0.270. The van der Waals surface area contributed by atoms with Crippen LogP contribution in [0.1, 0.15) is 45.0 Å². The first-order valence-corrected chi connectivity index (χ1v) is 9.09. The van der Waals surface area contributed by atoms with Crippen LogP contribution in [0.15, 0.2) is 10.9 Å². The molecule has 0 aliphatic heterocycles. The molecule has 0 aromatic carbocycles. The molecule has 0 bridgehead atoms. The average Bonchev–Trinajstić information content (AvgIpc) is 2.80. The third kappa shape index (κ3) is 3.39. The molecule has 0 saturated heterocycles. The molecule has 1 aliphatic carbocycles. The minimum absolute atomic E-state index is 0.0144. The lowest BCUT2D eigenvalue weighted by Gasteiger charge is -2.39. The molecule has 1 saturated carbocycles. The van der Waals surface area contributed by atoms with E-state index in [2.05, 4.69) is 15.6 Å². The summed E-state index contributed by atoms with van der Waals surface area (Å²) in [4.78, 5) is 41.0. The maximum atomic E-state index is 12.9. The second-order valence-electron chi connectivity index (χ2n) is 7.99. The summed E-state index contributed by atoms with van der Waals surface area (Å²) in [5, 5.41) is 5.66. The van der Waals surface area contributed by atoms with Crippen molar-refractivity contribution in [2.45, 2.75) is 54.0 Å². The molecular formula is C19H30N4O3. The van der Waals surface area contributed by atoms with E-state index in [0.29, 0.717) is 31.6 Å². The van der Waals surface area contributed by atoms with Crippen LogP contribution >= 0.6 is 0 Å². The third-order valence-electron chi connectivity index (χ3n) is 6.26. The second kappa shape index (κ2) is 7.21. The molecule has 0 radical (unpaired) electrons. The van der Waals surface area contributed by atoms with Crippen LogP contribution < -0.4 is 16.3 Å². The van der Waals surface area contributed by atoms with Gasteiger partial charge >= 0.3 is 5.69 Å². The zero-order chi connectivity index (χ0) is 19.7. The second-order valence-corrected chi connectivity index (χ2v) is 7.99. The van der Waals surface area contributed by atoms with Crippen LogP contribution in [0, 0.1) is 30.6 Å². The standard InChI is InChI=1S/C19H30N4O3/c1-12-11-13(2)23(17(26)22-12)10-9-21-16(25)19(5)8-7-14(15(24)20-6)18(19,3)4/h11,14H,7-10H2,1-6H3,(H,20,24)(H,21,25)/t14-,19+/m1/s1. The number of aryl methyl sites for hydroxylation is 2. The molecule has 1 aliphatic rings. The van der Waals surface area contributed by atoms with E-state index in [9.17, 15) is 14.4 Å². The van der Waals surface area contributed by atoms with Crippen LogP contribution in [-0.4, -0.2) is 35.0 Å². The molecule has 26 heavy (non-hydrogen) atoms. The first kappa shape index (κ1) is 20.1. The van der Waals surface area contributed by atoms with Crippen LogP contribution in [-0.2, 0) is 16.1 Å². The van der Waals surface area contributed by atoms with E-state index in [1.165, 1.54) is 0 Å². The number of carbonyl (C=O) groups excluding carboxylic acids is 2. The highest BCUT2D eigenvalue weighted by Crippen LogP contribution is 2.56. The lowest BCUT2D eigenvalue weighted by Crippen LogP contribution is -2.49. The molecule has 0 unspecified atom stereocenters. The normalized spacial score (nSPS) is 24.3. The van der Waals surface area contributed by atoms with Gasteiger partial charge in [0.05, 0.1) is 5.41 Å². The highest BCUT2D eigenvalue weighted by molar-refractivity contribution is 5.87. The van der Waals surface area contributed by atoms with Gasteiger partial charge in [0.25, 0.3) is 0 Å². The first-order chi connectivity index (χ1) is 12.0. The van der Waals surface area contributed by atoms with Gasteiger partial charge in [0, 0.05) is 37.4 Å². The quantitative estimate of drug-likeness (QED) is 0.822. The van der Waals surface area contributed by atoms with E-state index < -0.39 is 10.8 Å². The van der Waals surface area contributed by atoms with Crippen molar-refractivity contribution in [2.24, 2.45) is 16.7 Å². The van der Waals surface area contributed by atoms with E-state index in [-0.39, 0.29) is 23.4 Å². The summed E-state index contributed by atoms with van der Waals surface area (Å²) in [6.07, 6.45) is 1.35. The van der Waals surface area contributed by atoms with Gasteiger partial charge in [-0.1, -0.05) is 20.8 Å². The number of rotatable bonds is 5. The van der Waals surface area contributed by atoms with Crippen LogP contribution in [0.4, 0.5) is 0 Å². The molecule has 144 valence electrons. The third-order valence-corrected chi connectivity index (χ3v) is 6.26. The largest absolute Gasteiger partial charge is 0.359 e. The fourth-order valence-corrected chi connectivity index (χ4v) is 4.06. The van der Waals surface area contributed by atoms with Crippen molar-refractivity contribution in [3.05, 3.63) is 27.9 Å². The Hall–Kier alpha value is -2.18. The Bertz CT molecular complexity index is 769. The minimum Gasteiger partial charge on any atom is -0.359 e. The molecule has 2 atom stereocenters. The van der Waals surface area contributed by atoms with Crippen LogP contribution in [0.3, 0.4) is 0 Å². The minimum atomic E-state index is -0.629. The fraction of sp³-hybridized carbons (Fsp3) is 0.684. The summed E-state index contributed by atoms with van der Waals surface area (Å²) >= 11 is 0. The van der Waals surface area contributed by atoms with Gasteiger partial charge in [-0.25, -0.2) is 4.79 Å². The Morgan fingerprint density at radius 1 is 1.31 bits per heavy atom. The summed E-state index contributed by atoms with van der Waals surface area (Å²) in [7, 11) is 1.63. The highest BCUT2D eigenvalue weighted by Gasteiger charge is 2.57. The van der Waals surface area contributed by atoms with Crippen LogP contribution in [0.5, 0.6) is 0 Å². The lowest BCUT2D eigenvalue weighted by molar-refractivity contribution is -0.138. The SMILES string of the molecule is CNC(=O)[C@H]1CC[C@@](C)(C(=O)NCCn2c(C)cc(C)nc2=O)C1(C)C. The lowest BCUT2D eigenvalue weighted by atomic mass is 9.65. The zero-order valence-corrected chi connectivity index (χ0v) is 16.6. The van der Waals surface area contributed by atoms with Crippen LogP contribution in [0.25, 0.3) is 0 Å². The molecule has 7 nitrogen and oxygen atoms in total. The van der Waals surface area contributed by atoms with Gasteiger partial charge < -0.3 is 10.6 Å². The van der Waals surface area contributed by atoms with Crippen molar-refractivity contribution in [1.82, 2.24) is 20.2 Å². The number of amides is 2. The summed E-state index contributed by atoms with van der Waals surface area (Å²) in [6.45, 7) is 10.3. The smallest absolute Gasteiger partial charge is 0.348 e. The van der Waals surface area contributed by atoms with Crippen molar-refractivity contribution in [3.8, 4) is 0 Å². The van der Waals surface area contributed by atoms with E-state index >= 15 is 0 Å². The van der Waals surface area contributed by atoms with Gasteiger partial charge in [-0.3, -0.25) is 14.2 Å². The number of carbonyl (C=O) groups is 2. The number of nitrogens with one attached hydrogen (secondary N) is 2. The zero-order valence-electron chi connectivity index (χ0n) is 16.6. The van der Waals surface area contributed by atoms with Crippen molar-refractivity contribution < 1.29 is 9.59 Å². The molecule has 7 heteroatoms. The highest BCUT2D eigenvalue weighted by atomic mass is 16.2. The fourth-order valence-electron chi connectivity index (χ4n) is 4.06. The van der Waals surface area contributed by atoms with Crippen molar-refractivity contribution in [2.75, 3.05) is 13.6 Å². The number of hydrogen-bond acceptors (Lipinski definition) is 4. The monoisotopic (exact) mass is 362 g/mol. The molecule has 2 N–H and O–H groups in total.